The highest BCUT2D eigenvalue weighted by atomic mass is 35.5. The molecular formula is C13H12ClNO3. The number of isocyanates is 1. The van der Waals surface area contributed by atoms with Gasteiger partial charge in [0.25, 0.3) is 0 Å². The fourth-order valence-electron chi connectivity index (χ4n) is 2.11. The van der Waals surface area contributed by atoms with Gasteiger partial charge in [0.1, 0.15) is 0 Å². The van der Waals surface area contributed by atoms with Crippen molar-refractivity contribution >= 4 is 23.7 Å². The van der Waals surface area contributed by atoms with Crippen molar-refractivity contribution in [3.8, 4) is 0 Å². The number of carbonyl (C=O) groups excluding carboxylic acids is 2. The molecule has 0 aliphatic heterocycles. The molecule has 1 aromatic rings. The summed E-state index contributed by atoms with van der Waals surface area (Å²) in [6.45, 7) is 1.97. The van der Waals surface area contributed by atoms with Crippen LogP contribution in [0.4, 0.5) is 0 Å². The van der Waals surface area contributed by atoms with Crippen molar-refractivity contribution in [2.75, 3.05) is 6.61 Å². The fourth-order valence-corrected chi connectivity index (χ4v) is 2.38. The molecule has 0 N–H and O–H groups in total. The zero-order valence-corrected chi connectivity index (χ0v) is 10.6. The van der Waals surface area contributed by atoms with Crippen LogP contribution in [0, 0.1) is 0 Å². The summed E-state index contributed by atoms with van der Waals surface area (Å²) in [6.07, 6.45) is 1.90. The Labute approximate surface area is 110 Å². The molecule has 0 saturated heterocycles. The Balaban J connectivity index is 2.31. The van der Waals surface area contributed by atoms with Crippen molar-refractivity contribution in [1.82, 2.24) is 0 Å². The lowest BCUT2D eigenvalue weighted by Crippen LogP contribution is -2.25. The third-order valence-electron chi connectivity index (χ3n) is 3.09. The highest BCUT2D eigenvalue weighted by Gasteiger charge is 2.63. The van der Waals surface area contributed by atoms with Crippen LogP contribution >= 0.6 is 11.6 Å². The minimum Gasteiger partial charge on any atom is -0.464 e. The normalized spacial score (nSPS) is 25.1. The number of nitrogens with zero attached hydrogens (tertiary/aromatic N) is 1. The lowest BCUT2D eigenvalue weighted by molar-refractivity contribution is -0.145. The molecule has 94 valence electrons. The van der Waals surface area contributed by atoms with Gasteiger partial charge in [0, 0.05) is 10.9 Å². The maximum atomic E-state index is 11.9. The summed E-state index contributed by atoms with van der Waals surface area (Å²) in [6, 6.07) is 7.22. The van der Waals surface area contributed by atoms with Gasteiger partial charge in [-0.05, 0) is 25.0 Å². The van der Waals surface area contributed by atoms with Gasteiger partial charge in [-0.25, -0.2) is 9.59 Å². The topological polar surface area (TPSA) is 55.7 Å². The molecule has 1 saturated carbocycles. The first kappa shape index (κ1) is 12.8. The quantitative estimate of drug-likeness (QED) is 0.477. The van der Waals surface area contributed by atoms with E-state index in [0.717, 1.165) is 5.56 Å². The standard InChI is InChI=1S/C13H12ClNO3/c1-2-18-12(17)13(15-8-16)7-10(13)9-5-3-4-6-11(9)14/h3-6,10H,2,7H2,1H3. The average molecular weight is 266 g/mol. The SMILES string of the molecule is CCOC(=O)C1(N=C=O)CC1c1ccccc1Cl. The summed E-state index contributed by atoms with van der Waals surface area (Å²) in [5, 5.41) is 0.565. The number of hydrogen-bond donors (Lipinski definition) is 0. The summed E-state index contributed by atoms with van der Waals surface area (Å²) < 4.78 is 4.96. The van der Waals surface area contributed by atoms with Crippen LogP contribution in [0.15, 0.2) is 29.3 Å². The second kappa shape index (κ2) is 4.92. The summed E-state index contributed by atoms with van der Waals surface area (Å²) in [5.74, 6) is -0.690. The van der Waals surface area contributed by atoms with E-state index in [1.54, 1.807) is 13.0 Å². The molecule has 0 bridgehead atoms. The first-order valence-corrected chi connectivity index (χ1v) is 6.04. The average Bonchev–Trinajstić information content (AvgIpc) is 3.06. The summed E-state index contributed by atoms with van der Waals surface area (Å²) in [5.41, 5.74) is -0.311. The third-order valence-corrected chi connectivity index (χ3v) is 3.43. The molecule has 2 atom stereocenters. The second-order valence-electron chi connectivity index (χ2n) is 4.13. The van der Waals surface area contributed by atoms with Gasteiger partial charge in [-0.1, -0.05) is 29.8 Å². The van der Waals surface area contributed by atoms with Crippen molar-refractivity contribution < 1.29 is 14.3 Å². The first-order valence-electron chi connectivity index (χ1n) is 5.66. The van der Waals surface area contributed by atoms with Gasteiger partial charge >= 0.3 is 5.97 Å². The van der Waals surface area contributed by atoms with Crippen LogP contribution < -0.4 is 0 Å². The molecule has 5 heteroatoms. The van der Waals surface area contributed by atoms with Gasteiger partial charge in [-0.15, -0.1) is 0 Å². The van der Waals surface area contributed by atoms with Crippen LogP contribution in [0.25, 0.3) is 0 Å². The lowest BCUT2D eigenvalue weighted by Gasteiger charge is -2.10. The summed E-state index contributed by atoms with van der Waals surface area (Å²) in [7, 11) is 0. The Hall–Kier alpha value is -1.64. The van der Waals surface area contributed by atoms with Crippen molar-refractivity contribution in [3.63, 3.8) is 0 Å². The molecule has 2 rings (SSSR count). The number of carbonyl (C=O) groups is 1. The van der Waals surface area contributed by atoms with Crippen LogP contribution in [0.3, 0.4) is 0 Å². The van der Waals surface area contributed by atoms with E-state index in [0.29, 0.717) is 11.4 Å². The molecule has 1 aromatic carbocycles. The van der Waals surface area contributed by atoms with E-state index in [9.17, 15) is 9.59 Å². The highest BCUT2D eigenvalue weighted by Crippen LogP contribution is 2.56. The highest BCUT2D eigenvalue weighted by molar-refractivity contribution is 6.31. The molecule has 0 radical (unpaired) electrons. The van der Waals surface area contributed by atoms with E-state index in [1.165, 1.54) is 6.08 Å². The molecule has 4 nitrogen and oxygen atoms in total. The monoisotopic (exact) mass is 265 g/mol. The van der Waals surface area contributed by atoms with Crippen LogP contribution in [0.1, 0.15) is 24.8 Å². The molecule has 0 aromatic heterocycles. The van der Waals surface area contributed by atoms with Crippen molar-refractivity contribution in [2.24, 2.45) is 4.99 Å². The first-order chi connectivity index (χ1) is 8.65. The Morgan fingerprint density at radius 3 is 2.94 bits per heavy atom. The molecule has 0 spiro atoms. The lowest BCUT2D eigenvalue weighted by atomic mass is 10.1. The van der Waals surface area contributed by atoms with E-state index in [2.05, 4.69) is 4.99 Å². The van der Waals surface area contributed by atoms with Crippen LogP contribution in [-0.2, 0) is 14.3 Å². The molecule has 1 fully saturated rings. The van der Waals surface area contributed by atoms with Gasteiger partial charge in [-0.2, -0.15) is 4.99 Å². The summed E-state index contributed by atoms with van der Waals surface area (Å²) in [4.78, 5) is 26.0. The second-order valence-corrected chi connectivity index (χ2v) is 4.53. The molecule has 2 unspecified atom stereocenters. The molecule has 0 heterocycles. The predicted molar refractivity (Wildman–Crippen MR) is 66.3 cm³/mol. The number of esters is 1. The largest absolute Gasteiger partial charge is 0.464 e. The van der Waals surface area contributed by atoms with Gasteiger partial charge < -0.3 is 4.74 Å². The zero-order valence-electron chi connectivity index (χ0n) is 9.85. The number of aliphatic imine (C=N–C) groups is 1. The van der Waals surface area contributed by atoms with E-state index >= 15 is 0 Å². The Morgan fingerprint density at radius 1 is 1.61 bits per heavy atom. The van der Waals surface area contributed by atoms with Gasteiger partial charge in [-0.3, -0.25) is 0 Å². The van der Waals surface area contributed by atoms with Crippen LogP contribution in [-0.4, -0.2) is 24.2 Å². The van der Waals surface area contributed by atoms with E-state index in [1.807, 2.05) is 18.2 Å². The maximum Gasteiger partial charge on any atom is 0.335 e. The van der Waals surface area contributed by atoms with Crippen LogP contribution in [0.2, 0.25) is 5.02 Å². The van der Waals surface area contributed by atoms with E-state index < -0.39 is 11.5 Å². The molecule has 18 heavy (non-hydrogen) atoms. The number of rotatable bonds is 4. The molecule has 1 aliphatic rings. The molecule has 1 aliphatic carbocycles. The van der Waals surface area contributed by atoms with Gasteiger partial charge in [0.2, 0.25) is 6.08 Å². The minimum atomic E-state index is -1.12. The predicted octanol–water partition coefficient (Wildman–Crippen LogP) is 2.47. The Morgan fingerprint density at radius 2 is 2.33 bits per heavy atom. The Bertz CT molecular complexity index is 525. The Kier molecular flexibility index (Phi) is 3.50. The van der Waals surface area contributed by atoms with Crippen LogP contribution in [0.5, 0.6) is 0 Å². The maximum absolute atomic E-state index is 11.9. The van der Waals surface area contributed by atoms with Gasteiger partial charge in [0.05, 0.1) is 6.61 Å². The molecular weight excluding hydrogens is 254 g/mol. The minimum absolute atomic E-state index is 0.202. The number of benzene rings is 1. The smallest absolute Gasteiger partial charge is 0.335 e. The van der Waals surface area contributed by atoms with Gasteiger partial charge in [0.15, 0.2) is 5.54 Å². The van der Waals surface area contributed by atoms with Crippen molar-refractivity contribution in [3.05, 3.63) is 34.9 Å². The third kappa shape index (κ3) is 2.05. The number of halogens is 1. The number of ether oxygens (including phenoxy) is 1. The van der Waals surface area contributed by atoms with Crippen molar-refractivity contribution in [1.29, 1.82) is 0 Å². The van der Waals surface area contributed by atoms with E-state index in [-0.39, 0.29) is 12.5 Å². The fraction of sp³-hybridized carbons (Fsp3) is 0.385. The van der Waals surface area contributed by atoms with Crippen molar-refractivity contribution in [2.45, 2.75) is 24.8 Å². The summed E-state index contributed by atoms with van der Waals surface area (Å²) >= 11 is 6.08. The molecule has 0 amide bonds. The van der Waals surface area contributed by atoms with E-state index in [4.69, 9.17) is 16.3 Å². The zero-order chi connectivity index (χ0) is 13.2. The number of hydrogen-bond acceptors (Lipinski definition) is 4.